The standard InChI is InChI=1S/C24H45NO2/c1-2-3-4-5-6-7-8-9-10-11-12-13-14-15-16-21-24(27)25-22-19-17-18-20-23(22)26/h9-10,22-23,26H,2-8,11-21H2,1H3,(H,25,27)/t22-,23-/m0/s1. The summed E-state index contributed by atoms with van der Waals surface area (Å²) in [6.07, 6.45) is 25.6. The molecular formula is C24H45NO2. The van der Waals surface area contributed by atoms with Crippen molar-refractivity contribution in [3.8, 4) is 0 Å². The summed E-state index contributed by atoms with van der Waals surface area (Å²) in [4.78, 5) is 12.0. The molecule has 1 amide bonds. The Kier molecular flexibility index (Phi) is 15.5. The van der Waals surface area contributed by atoms with Crippen molar-refractivity contribution in [2.24, 2.45) is 0 Å². The molecule has 158 valence electrons. The van der Waals surface area contributed by atoms with E-state index in [0.717, 1.165) is 38.5 Å². The summed E-state index contributed by atoms with van der Waals surface area (Å²) in [6.45, 7) is 2.27. The zero-order valence-corrected chi connectivity index (χ0v) is 17.9. The van der Waals surface area contributed by atoms with Crippen LogP contribution < -0.4 is 5.32 Å². The monoisotopic (exact) mass is 379 g/mol. The van der Waals surface area contributed by atoms with E-state index in [1.54, 1.807) is 0 Å². The Balaban J connectivity index is 1.83. The molecule has 3 heteroatoms. The van der Waals surface area contributed by atoms with E-state index in [1.165, 1.54) is 70.6 Å². The predicted molar refractivity (Wildman–Crippen MR) is 116 cm³/mol. The number of amides is 1. The number of hydrogen-bond donors (Lipinski definition) is 2. The summed E-state index contributed by atoms with van der Waals surface area (Å²) in [7, 11) is 0. The van der Waals surface area contributed by atoms with E-state index in [9.17, 15) is 9.90 Å². The second-order valence-corrected chi connectivity index (χ2v) is 8.36. The Morgan fingerprint density at radius 3 is 2.04 bits per heavy atom. The Hall–Kier alpha value is -0.830. The highest BCUT2D eigenvalue weighted by molar-refractivity contribution is 5.76. The van der Waals surface area contributed by atoms with Crippen LogP contribution in [0.1, 0.15) is 122 Å². The summed E-state index contributed by atoms with van der Waals surface area (Å²) in [6, 6.07) is -0.00521. The number of carbonyl (C=O) groups excluding carboxylic acids is 1. The van der Waals surface area contributed by atoms with Crippen molar-refractivity contribution in [1.29, 1.82) is 0 Å². The molecule has 1 fully saturated rings. The first-order valence-electron chi connectivity index (χ1n) is 11.9. The average molecular weight is 380 g/mol. The van der Waals surface area contributed by atoms with Crippen molar-refractivity contribution in [3.05, 3.63) is 12.2 Å². The van der Waals surface area contributed by atoms with Crippen molar-refractivity contribution < 1.29 is 9.90 Å². The summed E-state index contributed by atoms with van der Waals surface area (Å²) < 4.78 is 0. The minimum Gasteiger partial charge on any atom is -0.391 e. The number of aliphatic hydroxyl groups is 1. The van der Waals surface area contributed by atoms with Crippen LogP contribution in [0, 0.1) is 0 Å². The van der Waals surface area contributed by atoms with Gasteiger partial charge in [0.2, 0.25) is 5.91 Å². The maximum atomic E-state index is 12.0. The first kappa shape index (κ1) is 24.2. The van der Waals surface area contributed by atoms with Gasteiger partial charge in [0.05, 0.1) is 12.1 Å². The molecule has 1 saturated carbocycles. The van der Waals surface area contributed by atoms with Crippen molar-refractivity contribution in [2.45, 2.75) is 135 Å². The molecule has 0 aromatic rings. The van der Waals surface area contributed by atoms with Gasteiger partial charge in [0.25, 0.3) is 0 Å². The maximum absolute atomic E-state index is 12.0. The number of allylic oxidation sites excluding steroid dienone is 2. The fourth-order valence-electron chi connectivity index (χ4n) is 3.91. The normalized spacial score (nSPS) is 20.2. The lowest BCUT2D eigenvalue weighted by Crippen LogP contribution is -2.44. The van der Waals surface area contributed by atoms with Crippen LogP contribution in [0.5, 0.6) is 0 Å². The fraction of sp³-hybridized carbons (Fsp3) is 0.875. The lowest BCUT2D eigenvalue weighted by molar-refractivity contribution is -0.123. The minimum atomic E-state index is -0.336. The first-order chi connectivity index (χ1) is 13.2. The molecule has 2 atom stereocenters. The van der Waals surface area contributed by atoms with Gasteiger partial charge in [-0.25, -0.2) is 0 Å². The van der Waals surface area contributed by atoms with Crippen LogP contribution in [0.15, 0.2) is 12.2 Å². The summed E-state index contributed by atoms with van der Waals surface area (Å²) in [5.74, 6) is 0.124. The largest absolute Gasteiger partial charge is 0.391 e. The SMILES string of the molecule is CCCCCCCCC=CCCCCCCCC(=O)N[C@H]1CCCC[C@@H]1O. The third kappa shape index (κ3) is 13.9. The van der Waals surface area contributed by atoms with Crippen LogP contribution >= 0.6 is 0 Å². The van der Waals surface area contributed by atoms with Crippen LogP contribution in [0.3, 0.4) is 0 Å². The molecular weight excluding hydrogens is 334 g/mol. The minimum absolute atomic E-state index is 0.00521. The van der Waals surface area contributed by atoms with Crippen LogP contribution in [-0.2, 0) is 4.79 Å². The van der Waals surface area contributed by atoms with E-state index in [0.29, 0.717) is 6.42 Å². The van der Waals surface area contributed by atoms with E-state index in [-0.39, 0.29) is 18.1 Å². The van der Waals surface area contributed by atoms with Gasteiger partial charge in [-0.1, -0.05) is 83.3 Å². The highest BCUT2D eigenvalue weighted by Gasteiger charge is 2.23. The van der Waals surface area contributed by atoms with Crippen molar-refractivity contribution in [3.63, 3.8) is 0 Å². The average Bonchev–Trinajstić information content (AvgIpc) is 2.66. The molecule has 3 nitrogen and oxygen atoms in total. The third-order valence-corrected chi connectivity index (χ3v) is 5.74. The lowest BCUT2D eigenvalue weighted by atomic mass is 9.92. The van der Waals surface area contributed by atoms with E-state index in [2.05, 4.69) is 24.4 Å². The Bertz CT molecular complexity index is 381. The number of rotatable bonds is 16. The number of carbonyl (C=O) groups is 1. The molecule has 0 radical (unpaired) electrons. The van der Waals surface area contributed by atoms with Crippen molar-refractivity contribution in [2.75, 3.05) is 0 Å². The zero-order chi connectivity index (χ0) is 19.6. The number of hydrogen-bond acceptors (Lipinski definition) is 2. The highest BCUT2D eigenvalue weighted by Crippen LogP contribution is 2.18. The predicted octanol–water partition coefficient (Wildman–Crippen LogP) is 6.44. The topological polar surface area (TPSA) is 49.3 Å². The van der Waals surface area contributed by atoms with Crippen LogP contribution in [0.2, 0.25) is 0 Å². The Labute approximate surface area is 168 Å². The molecule has 1 aliphatic carbocycles. The quantitative estimate of drug-likeness (QED) is 0.239. The molecule has 0 aliphatic heterocycles. The van der Waals surface area contributed by atoms with Crippen LogP contribution in [0.4, 0.5) is 0 Å². The first-order valence-corrected chi connectivity index (χ1v) is 11.9. The summed E-state index contributed by atoms with van der Waals surface area (Å²) >= 11 is 0. The van der Waals surface area contributed by atoms with Gasteiger partial charge < -0.3 is 10.4 Å². The molecule has 0 unspecified atom stereocenters. The molecule has 2 N–H and O–H groups in total. The van der Waals surface area contributed by atoms with Gasteiger partial charge in [-0.3, -0.25) is 4.79 Å². The van der Waals surface area contributed by atoms with E-state index in [4.69, 9.17) is 0 Å². The van der Waals surface area contributed by atoms with Gasteiger partial charge in [-0.2, -0.15) is 0 Å². The van der Waals surface area contributed by atoms with Crippen LogP contribution in [-0.4, -0.2) is 23.2 Å². The fourth-order valence-corrected chi connectivity index (χ4v) is 3.91. The molecule has 0 aromatic heterocycles. The number of aliphatic hydroxyl groups excluding tert-OH is 1. The zero-order valence-electron chi connectivity index (χ0n) is 17.9. The van der Waals surface area contributed by atoms with E-state index in [1.807, 2.05) is 0 Å². The van der Waals surface area contributed by atoms with E-state index >= 15 is 0 Å². The molecule has 1 aliphatic rings. The van der Waals surface area contributed by atoms with Crippen molar-refractivity contribution >= 4 is 5.91 Å². The molecule has 0 aromatic carbocycles. The van der Waals surface area contributed by atoms with Gasteiger partial charge in [-0.05, 0) is 44.9 Å². The van der Waals surface area contributed by atoms with E-state index < -0.39 is 0 Å². The number of nitrogens with one attached hydrogen (secondary N) is 1. The Morgan fingerprint density at radius 1 is 0.852 bits per heavy atom. The molecule has 27 heavy (non-hydrogen) atoms. The van der Waals surface area contributed by atoms with Gasteiger partial charge in [0.15, 0.2) is 0 Å². The molecule has 0 spiro atoms. The summed E-state index contributed by atoms with van der Waals surface area (Å²) in [5.41, 5.74) is 0. The molecule has 0 saturated heterocycles. The number of unbranched alkanes of at least 4 members (excludes halogenated alkanes) is 11. The second-order valence-electron chi connectivity index (χ2n) is 8.36. The second kappa shape index (κ2) is 17.3. The molecule has 0 heterocycles. The van der Waals surface area contributed by atoms with Crippen molar-refractivity contribution in [1.82, 2.24) is 5.32 Å². The molecule has 0 bridgehead atoms. The van der Waals surface area contributed by atoms with Gasteiger partial charge in [0, 0.05) is 6.42 Å². The van der Waals surface area contributed by atoms with Gasteiger partial charge in [-0.15, -0.1) is 0 Å². The molecule has 1 rings (SSSR count). The third-order valence-electron chi connectivity index (χ3n) is 5.74. The van der Waals surface area contributed by atoms with Gasteiger partial charge in [0.1, 0.15) is 0 Å². The Morgan fingerprint density at radius 2 is 1.41 bits per heavy atom. The smallest absolute Gasteiger partial charge is 0.220 e. The van der Waals surface area contributed by atoms with Crippen LogP contribution in [0.25, 0.3) is 0 Å². The summed E-state index contributed by atoms with van der Waals surface area (Å²) in [5, 5.41) is 12.9. The van der Waals surface area contributed by atoms with Gasteiger partial charge >= 0.3 is 0 Å². The highest BCUT2D eigenvalue weighted by atomic mass is 16.3. The lowest BCUT2D eigenvalue weighted by Gasteiger charge is -2.28. The maximum Gasteiger partial charge on any atom is 0.220 e.